The maximum Gasteiger partial charge on any atom is 0.325 e. The molecule has 0 rings (SSSR count). The van der Waals surface area contributed by atoms with Crippen molar-refractivity contribution in [1.29, 1.82) is 0 Å². The van der Waals surface area contributed by atoms with E-state index in [9.17, 15) is 9.59 Å². The van der Waals surface area contributed by atoms with Crippen LogP contribution in [0.3, 0.4) is 0 Å². The van der Waals surface area contributed by atoms with Gasteiger partial charge in [0.1, 0.15) is 6.04 Å². The molecule has 0 aromatic carbocycles. The van der Waals surface area contributed by atoms with Gasteiger partial charge in [0, 0.05) is 8.27 Å². The first-order chi connectivity index (χ1) is 4.57. The maximum atomic E-state index is 10.4. The Morgan fingerprint density at radius 1 is 1.78 bits per heavy atom. The molecule has 1 atom stereocenters. The topological polar surface area (TPSA) is 66.4 Å². The van der Waals surface area contributed by atoms with Crippen LogP contribution < -0.4 is 5.32 Å². The lowest BCUT2D eigenvalue weighted by Crippen LogP contribution is -2.36. The van der Waals surface area contributed by atoms with Gasteiger partial charge >= 0.3 is 5.97 Å². The number of carbonyl (C=O) groups excluding carboxylic acids is 1. The van der Waals surface area contributed by atoms with Crippen LogP contribution in [0.4, 0.5) is 0 Å². The molecule has 0 aliphatic carbocycles. The van der Waals surface area contributed by atoms with Crippen LogP contribution in [0.15, 0.2) is 0 Å². The Bertz CT molecular complexity index is 148. The number of carboxylic acid groups (broad SMARTS) is 1. The summed E-state index contributed by atoms with van der Waals surface area (Å²) >= 11 is 0. The van der Waals surface area contributed by atoms with Crippen molar-refractivity contribution < 1.29 is 16.1 Å². The molecule has 0 spiro atoms. The van der Waals surface area contributed by atoms with Gasteiger partial charge in [0.15, 0.2) is 0 Å². The first-order valence-electron chi connectivity index (χ1n) is 3.10. The monoisotopic (exact) mass is 132 g/mol. The van der Waals surface area contributed by atoms with E-state index >= 15 is 0 Å². The van der Waals surface area contributed by atoms with Crippen molar-refractivity contribution in [2.45, 2.75) is 19.9 Å². The zero-order valence-electron chi connectivity index (χ0n) is 6.05. The van der Waals surface area contributed by atoms with Crippen molar-refractivity contribution in [2.75, 3.05) is 0 Å². The van der Waals surface area contributed by atoms with E-state index in [2.05, 4.69) is 5.32 Å². The van der Waals surface area contributed by atoms with Gasteiger partial charge in [-0.05, 0) is 6.92 Å². The maximum absolute atomic E-state index is 10.4. The lowest BCUT2D eigenvalue weighted by molar-refractivity contribution is -0.140. The summed E-state index contributed by atoms with van der Waals surface area (Å²) in [4.78, 5) is 20.4. The van der Waals surface area contributed by atoms with E-state index in [0.29, 0.717) is 0 Å². The standard InChI is InChI=1S/C5H9NO3/c1-3(5(8)9)6-4(2)7/h3H,1-2H3,(H,6,7)(H,8,9)/t3-/m0/s1/i2D. The highest BCUT2D eigenvalue weighted by atomic mass is 16.4. The average Bonchev–Trinajstić information content (AvgIpc) is 1.87. The summed E-state index contributed by atoms with van der Waals surface area (Å²) in [7, 11) is 0. The van der Waals surface area contributed by atoms with Crippen LogP contribution in [0.1, 0.15) is 15.2 Å². The highest BCUT2D eigenvalue weighted by Gasteiger charge is 2.09. The molecule has 4 heteroatoms. The van der Waals surface area contributed by atoms with E-state index in [4.69, 9.17) is 6.48 Å². The van der Waals surface area contributed by atoms with Crippen molar-refractivity contribution in [3.8, 4) is 0 Å². The normalized spacial score (nSPS) is 13.7. The molecule has 1 amide bonds. The first-order valence-corrected chi connectivity index (χ1v) is 2.39. The van der Waals surface area contributed by atoms with Gasteiger partial charge in [0.05, 0.1) is 0 Å². The third kappa shape index (κ3) is 3.52. The molecule has 9 heavy (non-hydrogen) atoms. The highest BCUT2D eigenvalue weighted by Crippen LogP contribution is 1.78. The van der Waals surface area contributed by atoms with Gasteiger partial charge in [-0.2, -0.15) is 0 Å². The molecular weight excluding hydrogens is 122 g/mol. The summed E-state index contributed by atoms with van der Waals surface area (Å²) in [6, 6.07) is -0.905. The van der Waals surface area contributed by atoms with Gasteiger partial charge in [0.2, 0.25) is 5.91 Å². The Morgan fingerprint density at radius 3 is 2.67 bits per heavy atom. The first kappa shape index (κ1) is 6.07. The molecular formula is C5H9NO3. The molecule has 2 N–H and O–H groups in total. The van der Waals surface area contributed by atoms with Gasteiger partial charge in [-0.3, -0.25) is 9.59 Å². The third-order valence-corrected chi connectivity index (χ3v) is 0.748. The summed E-state index contributed by atoms with van der Waals surface area (Å²) < 4.78 is 6.54. The zero-order chi connectivity index (χ0) is 8.15. The Kier molecular flexibility index (Phi) is 2.06. The number of hydrogen-bond acceptors (Lipinski definition) is 2. The summed E-state index contributed by atoms with van der Waals surface area (Å²) in [6.07, 6.45) is 0. The molecule has 0 fully saturated rings. The van der Waals surface area contributed by atoms with E-state index in [-0.39, 0.29) is 0 Å². The van der Waals surface area contributed by atoms with Crippen molar-refractivity contribution in [1.82, 2.24) is 5.32 Å². The predicted molar refractivity (Wildman–Crippen MR) is 30.9 cm³/mol. The molecule has 0 aliphatic heterocycles. The van der Waals surface area contributed by atoms with Gasteiger partial charge in [-0.15, -0.1) is 0 Å². The van der Waals surface area contributed by atoms with Crippen molar-refractivity contribution >= 4 is 11.9 Å². The fraction of sp³-hybridized carbons (Fsp3) is 0.600. The summed E-state index contributed by atoms with van der Waals surface area (Å²) in [5.41, 5.74) is 0. The fourth-order valence-electron chi connectivity index (χ4n) is 0.303. The van der Waals surface area contributed by atoms with Crippen LogP contribution >= 0.6 is 0 Å². The molecule has 0 saturated carbocycles. The second-order valence-electron chi connectivity index (χ2n) is 1.63. The van der Waals surface area contributed by atoms with E-state index in [1.165, 1.54) is 6.92 Å². The van der Waals surface area contributed by atoms with Crippen molar-refractivity contribution in [2.24, 2.45) is 0 Å². The Labute approximate surface area is 54.3 Å². The molecule has 0 bridgehead atoms. The molecule has 52 valence electrons. The minimum atomic E-state index is -1.10. The lowest BCUT2D eigenvalue weighted by atomic mass is 10.3. The van der Waals surface area contributed by atoms with Gasteiger partial charge in [0.25, 0.3) is 0 Å². The Balaban J connectivity index is 3.68. The number of rotatable bonds is 2. The van der Waals surface area contributed by atoms with Crippen LogP contribution in [0.25, 0.3) is 0 Å². The van der Waals surface area contributed by atoms with Crippen LogP contribution in [0.2, 0.25) is 0 Å². The number of carbonyl (C=O) groups is 2. The second kappa shape index (κ2) is 3.06. The smallest absolute Gasteiger partial charge is 0.325 e. The Hall–Kier alpha value is -1.06. The number of aliphatic carboxylic acids is 1. The van der Waals surface area contributed by atoms with Gasteiger partial charge in [-0.1, -0.05) is 0 Å². The molecule has 0 unspecified atom stereocenters. The van der Waals surface area contributed by atoms with Gasteiger partial charge < -0.3 is 10.4 Å². The summed E-state index contributed by atoms with van der Waals surface area (Å²) in [6.45, 7) is 0.910. The second-order valence-corrected chi connectivity index (χ2v) is 1.63. The molecule has 0 aromatic rings. The Morgan fingerprint density at radius 2 is 2.33 bits per heavy atom. The average molecular weight is 132 g/mol. The third-order valence-electron chi connectivity index (χ3n) is 0.748. The van der Waals surface area contributed by atoms with E-state index in [0.717, 1.165) is 0 Å². The molecule has 0 aliphatic rings. The number of carboxylic acids is 1. The quantitative estimate of drug-likeness (QED) is 0.537. The van der Waals surface area contributed by atoms with Gasteiger partial charge in [-0.25, -0.2) is 0 Å². The molecule has 0 heterocycles. The van der Waals surface area contributed by atoms with Crippen molar-refractivity contribution in [3.63, 3.8) is 0 Å². The largest absolute Gasteiger partial charge is 0.480 e. The zero-order valence-corrected chi connectivity index (χ0v) is 5.05. The van der Waals surface area contributed by atoms with Crippen LogP contribution in [-0.4, -0.2) is 23.0 Å². The van der Waals surface area contributed by atoms with E-state index < -0.39 is 24.8 Å². The van der Waals surface area contributed by atoms with E-state index in [1.54, 1.807) is 0 Å². The number of nitrogens with one attached hydrogen (secondary N) is 1. The number of hydrogen-bond donors (Lipinski definition) is 2. The predicted octanol–water partition coefficient (Wildman–Crippen LogP) is -0.404. The van der Waals surface area contributed by atoms with Crippen LogP contribution in [0.5, 0.6) is 0 Å². The van der Waals surface area contributed by atoms with Crippen molar-refractivity contribution in [3.05, 3.63) is 0 Å². The summed E-state index contributed by atoms with van der Waals surface area (Å²) in [5.74, 6) is -1.67. The highest BCUT2D eigenvalue weighted by molar-refractivity contribution is 5.81. The lowest BCUT2D eigenvalue weighted by Gasteiger charge is -2.04. The van der Waals surface area contributed by atoms with E-state index in [1.807, 2.05) is 0 Å². The minimum absolute atomic E-state index is 0.433. The molecule has 4 nitrogen and oxygen atoms in total. The molecule has 0 radical (unpaired) electrons. The van der Waals surface area contributed by atoms with Crippen LogP contribution in [-0.2, 0) is 9.59 Å². The SMILES string of the molecule is [2H]CC(=O)N[C@@H](C)C(=O)O. The molecule has 0 aromatic heterocycles. The number of amides is 1. The summed E-state index contributed by atoms with van der Waals surface area (Å²) in [5, 5.41) is 10.4. The van der Waals surface area contributed by atoms with Crippen LogP contribution in [0, 0.1) is 0 Å². The fourth-order valence-corrected chi connectivity index (χ4v) is 0.303. The molecule has 0 saturated heterocycles. The minimum Gasteiger partial charge on any atom is -0.480 e.